The van der Waals surface area contributed by atoms with Crippen molar-refractivity contribution in [1.82, 2.24) is 5.32 Å². The van der Waals surface area contributed by atoms with E-state index in [0.29, 0.717) is 5.56 Å². The van der Waals surface area contributed by atoms with Crippen LogP contribution in [0.3, 0.4) is 0 Å². The predicted molar refractivity (Wildman–Crippen MR) is 108 cm³/mol. The molecule has 1 aliphatic rings. The molecular weight excluding hydrogens is 336 g/mol. The molecule has 4 rings (SSSR count). The fraction of sp³-hybridized carbons (Fsp3) is 0.217. The number of nitrogens with one attached hydrogen (secondary N) is 2. The lowest BCUT2D eigenvalue weighted by molar-refractivity contribution is -0.117. The summed E-state index contributed by atoms with van der Waals surface area (Å²) in [7, 11) is 0. The minimum Gasteiger partial charge on any atom is -0.346 e. The number of rotatable bonds is 5. The van der Waals surface area contributed by atoms with Gasteiger partial charge >= 0.3 is 0 Å². The van der Waals surface area contributed by atoms with Crippen LogP contribution >= 0.6 is 0 Å². The number of hydrogen-bond donors (Lipinski definition) is 2. The van der Waals surface area contributed by atoms with Crippen molar-refractivity contribution in [3.8, 4) is 0 Å². The first-order valence-electron chi connectivity index (χ1n) is 9.30. The molecule has 0 aliphatic heterocycles. The van der Waals surface area contributed by atoms with Crippen LogP contribution in [0.4, 0.5) is 5.69 Å². The topological polar surface area (TPSA) is 58.2 Å². The first kappa shape index (κ1) is 17.3. The average Bonchev–Trinajstić information content (AvgIpc) is 3.53. The molecule has 1 aliphatic carbocycles. The van der Waals surface area contributed by atoms with Crippen molar-refractivity contribution >= 4 is 28.3 Å². The monoisotopic (exact) mass is 358 g/mol. The van der Waals surface area contributed by atoms with Crippen molar-refractivity contribution in [3.05, 3.63) is 77.9 Å². The summed E-state index contributed by atoms with van der Waals surface area (Å²) in [6, 6.07) is 21.2. The fourth-order valence-corrected chi connectivity index (χ4v) is 3.14. The number of amides is 2. The molecule has 1 atom stereocenters. The van der Waals surface area contributed by atoms with Crippen LogP contribution in [0, 0.1) is 5.92 Å². The Hall–Kier alpha value is -3.14. The molecule has 1 saturated carbocycles. The van der Waals surface area contributed by atoms with Crippen molar-refractivity contribution < 1.29 is 9.59 Å². The molecule has 0 aromatic heterocycles. The molecule has 136 valence electrons. The van der Waals surface area contributed by atoms with Gasteiger partial charge in [-0.3, -0.25) is 9.59 Å². The Labute approximate surface area is 158 Å². The van der Waals surface area contributed by atoms with Crippen molar-refractivity contribution in [2.45, 2.75) is 25.8 Å². The molecular formula is C23H22N2O2. The standard InChI is InChI=1S/C23H22N2O2/c1-15(16-10-12-21(13-11-16)25-22(26)18-7-8-18)24-23(27)20-9-6-17-4-2-3-5-19(17)14-20/h2-6,9-15,18H,7-8H2,1H3,(H,24,27)(H,25,26). The first-order valence-corrected chi connectivity index (χ1v) is 9.30. The third kappa shape index (κ3) is 4.00. The number of fused-ring (bicyclic) bond motifs is 1. The number of anilines is 1. The highest BCUT2D eigenvalue weighted by molar-refractivity contribution is 5.98. The lowest BCUT2D eigenvalue weighted by Gasteiger charge is -2.15. The van der Waals surface area contributed by atoms with Gasteiger partial charge in [-0.1, -0.05) is 42.5 Å². The SMILES string of the molecule is CC(NC(=O)c1ccc2ccccc2c1)c1ccc(NC(=O)C2CC2)cc1. The predicted octanol–water partition coefficient (Wildman–Crippen LogP) is 4.68. The molecule has 4 heteroatoms. The van der Waals surface area contributed by atoms with Crippen molar-refractivity contribution in [1.29, 1.82) is 0 Å². The molecule has 0 saturated heterocycles. The largest absolute Gasteiger partial charge is 0.346 e. The van der Waals surface area contributed by atoms with Gasteiger partial charge in [0.05, 0.1) is 6.04 Å². The van der Waals surface area contributed by atoms with Gasteiger partial charge in [0.15, 0.2) is 0 Å². The van der Waals surface area contributed by atoms with Crippen LogP contribution in [0.5, 0.6) is 0 Å². The zero-order chi connectivity index (χ0) is 18.8. The lowest BCUT2D eigenvalue weighted by Crippen LogP contribution is -2.26. The summed E-state index contributed by atoms with van der Waals surface area (Å²) in [6.45, 7) is 1.96. The number of carbonyl (C=O) groups excluding carboxylic acids is 2. The summed E-state index contributed by atoms with van der Waals surface area (Å²) in [5, 5.41) is 8.13. The van der Waals surface area contributed by atoms with E-state index in [4.69, 9.17) is 0 Å². The number of hydrogen-bond acceptors (Lipinski definition) is 2. The third-order valence-electron chi connectivity index (χ3n) is 4.99. The van der Waals surface area contributed by atoms with Gasteiger partial charge in [0.25, 0.3) is 5.91 Å². The molecule has 0 spiro atoms. The second kappa shape index (κ2) is 7.23. The summed E-state index contributed by atoms with van der Waals surface area (Å²) in [4.78, 5) is 24.4. The maximum absolute atomic E-state index is 12.6. The van der Waals surface area contributed by atoms with Gasteiger partial charge in [-0.15, -0.1) is 0 Å². The second-order valence-corrected chi connectivity index (χ2v) is 7.14. The van der Waals surface area contributed by atoms with E-state index >= 15 is 0 Å². The van der Waals surface area contributed by atoms with Gasteiger partial charge in [-0.2, -0.15) is 0 Å². The molecule has 0 heterocycles. The zero-order valence-corrected chi connectivity index (χ0v) is 15.2. The normalized spacial score (nSPS) is 14.6. The Kier molecular flexibility index (Phi) is 4.63. The van der Waals surface area contributed by atoms with Gasteiger partial charge in [0.2, 0.25) is 5.91 Å². The number of carbonyl (C=O) groups is 2. The molecule has 2 N–H and O–H groups in total. The molecule has 1 unspecified atom stereocenters. The summed E-state index contributed by atoms with van der Waals surface area (Å²) in [5.41, 5.74) is 2.44. The summed E-state index contributed by atoms with van der Waals surface area (Å²) < 4.78 is 0. The molecule has 4 nitrogen and oxygen atoms in total. The first-order chi connectivity index (χ1) is 13.1. The van der Waals surface area contributed by atoms with Crippen molar-refractivity contribution in [2.24, 2.45) is 5.92 Å². The summed E-state index contributed by atoms with van der Waals surface area (Å²) in [5.74, 6) is 0.185. The Morgan fingerprint density at radius 1 is 0.926 bits per heavy atom. The Bertz CT molecular complexity index is 991. The minimum atomic E-state index is -0.128. The fourth-order valence-electron chi connectivity index (χ4n) is 3.14. The molecule has 27 heavy (non-hydrogen) atoms. The van der Waals surface area contributed by atoms with E-state index in [0.717, 1.165) is 34.9 Å². The molecule has 1 fully saturated rings. The van der Waals surface area contributed by atoms with E-state index in [2.05, 4.69) is 10.6 Å². The number of benzene rings is 3. The summed E-state index contributed by atoms with van der Waals surface area (Å²) in [6.07, 6.45) is 1.98. The zero-order valence-electron chi connectivity index (χ0n) is 15.2. The summed E-state index contributed by atoms with van der Waals surface area (Å²) >= 11 is 0. The second-order valence-electron chi connectivity index (χ2n) is 7.14. The molecule has 0 radical (unpaired) electrons. The molecule has 2 amide bonds. The van der Waals surface area contributed by atoms with E-state index < -0.39 is 0 Å². The van der Waals surface area contributed by atoms with E-state index in [1.165, 1.54) is 0 Å². The Morgan fingerprint density at radius 3 is 2.33 bits per heavy atom. The maximum Gasteiger partial charge on any atom is 0.251 e. The lowest BCUT2D eigenvalue weighted by atomic mass is 10.0. The Balaban J connectivity index is 1.41. The van der Waals surface area contributed by atoms with E-state index in [-0.39, 0.29) is 23.8 Å². The van der Waals surface area contributed by atoms with Gasteiger partial charge < -0.3 is 10.6 Å². The van der Waals surface area contributed by atoms with Crippen molar-refractivity contribution in [3.63, 3.8) is 0 Å². The van der Waals surface area contributed by atoms with Crippen molar-refractivity contribution in [2.75, 3.05) is 5.32 Å². The van der Waals surface area contributed by atoms with Crippen LogP contribution < -0.4 is 10.6 Å². The van der Waals surface area contributed by atoms with Gasteiger partial charge in [-0.05, 0) is 60.4 Å². The van der Waals surface area contributed by atoms with Gasteiger partial charge in [0.1, 0.15) is 0 Å². The molecule has 0 bridgehead atoms. The molecule has 3 aromatic carbocycles. The van der Waals surface area contributed by atoms with E-state index in [1.54, 1.807) is 0 Å². The van der Waals surface area contributed by atoms with E-state index in [9.17, 15) is 9.59 Å². The minimum absolute atomic E-state index is 0.0976. The Morgan fingerprint density at radius 2 is 1.63 bits per heavy atom. The molecule has 3 aromatic rings. The maximum atomic E-state index is 12.6. The average molecular weight is 358 g/mol. The highest BCUT2D eigenvalue weighted by Gasteiger charge is 2.29. The highest BCUT2D eigenvalue weighted by atomic mass is 16.2. The third-order valence-corrected chi connectivity index (χ3v) is 4.99. The quantitative estimate of drug-likeness (QED) is 0.696. The van der Waals surface area contributed by atoms with Crippen LogP contribution in [0.2, 0.25) is 0 Å². The smallest absolute Gasteiger partial charge is 0.251 e. The van der Waals surface area contributed by atoms with Crippen LogP contribution in [0.1, 0.15) is 41.7 Å². The van der Waals surface area contributed by atoms with Crippen LogP contribution in [0.25, 0.3) is 10.8 Å². The van der Waals surface area contributed by atoms with Gasteiger partial charge in [-0.25, -0.2) is 0 Å². The van der Waals surface area contributed by atoms with Crippen LogP contribution in [-0.2, 0) is 4.79 Å². The van der Waals surface area contributed by atoms with E-state index in [1.807, 2.05) is 73.7 Å². The van der Waals surface area contributed by atoms with Crippen LogP contribution in [0.15, 0.2) is 66.7 Å². The van der Waals surface area contributed by atoms with Gasteiger partial charge in [0, 0.05) is 17.2 Å². The highest BCUT2D eigenvalue weighted by Crippen LogP contribution is 2.30. The van der Waals surface area contributed by atoms with Crippen LogP contribution in [-0.4, -0.2) is 11.8 Å².